The van der Waals surface area contributed by atoms with Crippen molar-refractivity contribution in [1.29, 1.82) is 15.8 Å². The molecule has 0 spiro atoms. The van der Waals surface area contributed by atoms with Crippen molar-refractivity contribution in [3.8, 4) is 51.8 Å². The Morgan fingerprint density at radius 2 is 0.760 bits per heavy atom. The fraction of sp³-hybridized carbons (Fsp3) is 0. The van der Waals surface area contributed by atoms with Crippen molar-refractivity contribution >= 4 is 43.6 Å². The molecule has 0 fully saturated rings. The van der Waals surface area contributed by atoms with Crippen LogP contribution in [0.25, 0.3) is 77.2 Å². The predicted octanol–water partition coefficient (Wildman–Crippen LogP) is 10.8. The van der Waals surface area contributed by atoms with Crippen molar-refractivity contribution in [3.05, 3.63) is 168 Å². The van der Waals surface area contributed by atoms with Gasteiger partial charge in [0.2, 0.25) is 0 Å². The number of benzene rings is 7. The van der Waals surface area contributed by atoms with Crippen molar-refractivity contribution in [2.45, 2.75) is 0 Å². The highest BCUT2D eigenvalue weighted by atomic mass is 15.0. The van der Waals surface area contributed by atoms with Crippen LogP contribution in [0, 0.1) is 34.0 Å². The molecule has 9 aromatic rings. The molecule has 9 rings (SSSR count). The Hall–Kier alpha value is -7.39. The maximum atomic E-state index is 10.3. The van der Waals surface area contributed by atoms with Crippen molar-refractivity contribution in [1.82, 2.24) is 9.13 Å². The first-order chi connectivity index (χ1) is 24.6. The van der Waals surface area contributed by atoms with E-state index >= 15 is 0 Å². The molecule has 0 unspecified atom stereocenters. The van der Waals surface area contributed by atoms with Gasteiger partial charge in [-0.25, -0.2) is 0 Å². The summed E-state index contributed by atoms with van der Waals surface area (Å²) in [6.07, 6.45) is 0. The van der Waals surface area contributed by atoms with Crippen LogP contribution in [0.2, 0.25) is 0 Å². The standard InChI is InChI=1S/C45H25N5/c46-26-29-14-16-44-40(20-29)38-10-4-6-12-42(38)49(44)36-19-31(28-48)18-33(23-36)35-22-34(32-8-2-1-3-9-32)24-37(25-35)50-43-13-7-5-11-39(43)41-21-30(27-47)15-17-45(41)50/h1-25H. The lowest BCUT2D eigenvalue weighted by Gasteiger charge is -2.16. The summed E-state index contributed by atoms with van der Waals surface area (Å²) in [4.78, 5) is 0. The van der Waals surface area contributed by atoms with E-state index < -0.39 is 0 Å². The first-order valence-corrected chi connectivity index (χ1v) is 16.3. The van der Waals surface area contributed by atoms with E-state index in [1.54, 1.807) is 0 Å². The third-order valence-electron chi connectivity index (χ3n) is 9.52. The third kappa shape index (κ3) is 4.53. The molecule has 0 aliphatic carbocycles. The van der Waals surface area contributed by atoms with E-state index in [1.807, 2.05) is 91.0 Å². The molecule has 0 radical (unpaired) electrons. The molecule has 2 heterocycles. The van der Waals surface area contributed by atoms with Crippen LogP contribution in [-0.4, -0.2) is 9.13 Å². The number of fused-ring (bicyclic) bond motifs is 6. The summed E-state index contributed by atoms with van der Waals surface area (Å²) in [5.41, 5.74) is 11.6. The molecule has 5 heteroatoms. The number of nitrogens with zero attached hydrogens (tertiary/aromatic N) is 5. The molecule has 0 N–H and O–H groups in total. The zero-order chi connectivity index (χ0) is 33.8. The number of aromatic nitrogens is 2. The van der Waals surface area contributed by atoms with Crippen LogP contribution in [0.1, 0.15) is 16.7 Å². The van der Waals surface area contributed by atoms with Crippen molar-refractivity contribution in [2.24, 2.45) is 0 Å². The van der Waals surface area contributed by atoms with Gasteiger partial charge < -0.3 is 9.13 Å². The Labute approximate surface area is 287 Å². The molecule has 0 saturated carbocycles. The molecule has 2 aromatic heterocycles. The maximum Gasteiger partial charge on any atom is 0.0992 e. The molecule has 0 atom stereocenters. The van der Waals surface area contributed by atoms with Crippen LogP contribution in [-0.2, 0) is 0 Å². The second-order valence-corrected chi connectivity index (χ2v) is 12.4. The van der Waals surface area contributed by atoms with Gasteiger partial charge in [0, 0.05) is 32.9 Å². The van der Waals surface area contributed by atoms with E-state index in [-0.39, 0.29) is 0 Å². The zero-order valence-corrected chi connectivity index (χ0v) is 26.7. The summed E-state index contributed by atoms with van der Waals surface area (Å²) in [6.45, 7) is 0. The quantitative estimate of drug-likeness (QED) is 0.193. The molecule has 50 heavy (non-hydrogen) atoms. The van der Waals surface area contributed by atoms with Crippen LogP contribution >= 0.6 is 0 Å². The summed E-state index contributed by atoms with van der Waals surface area (Å²) in [5, 5.41) is 33.8. The van der Waals surface area contributed by atoms with Crippen LogP contribution < -0.4 is 0 Å². The Morgan fingerprint density at radius 1 is 0.320 bits per heavy atom. The molecule has 0 aliphatic rings. The lowest BCUT2D eigenvalue weighted by Crippen LogP contribution is -1.98. The summed E-state index contributed by atoms with van der Waals surface area (Å²) in [6, 6.07) is 58.0. The van der Waals surface area contributed by atoms with Crippen LogP contribution in [0.5, 0.6) is 0 Å². The Kier molecular flexibility index (Phi) is 6.56. The van der Waals surface area contributed by atoms with E-state index in [9.17, 15) is 15.8 Å². The largest absolute Gasteiger partial charge is 0.309 e. The fourth-order valence-corrected chi connectivity index (χ4v) is 7.32. The minimum Gasteiger partial charge on any atom is -0.309 e. The molecule has 0 saturated heterocycles. The monoisotopic (exact) mass is 635 g/mol. The Morgan fingerprint density at radius 3 is 1.30 bits per heavy atom. The van der Waals surface area contributed by atoms with Gasteiger partial charge >= 0.3 is 0 Å². The predicted molar refractivity (Wildman–Crippen MR) is 200 cm³/mol. The van der Waals surface area contributed by atoms with Gasteiger partial charge in [0.15, 0.2) is 0 Å². The van der Waals surface area contributed by atoms with Gasteiger partial charge in [-0.05, 0) is 107 Å². The third-order valence-corrected chi connectivity index (χ3v) is 9.52. The van der Waals surface area contributed by atoms with Gasteiger partial charge in [0.05, 0.1) is 57.0 Å². The summed E-state index contributed by atoms with van der Waals surface area (Å²) in [5.74, 6) is 0. The summed E-state index contributed by atoms with van der Waals surface area (Å²) < 4.78 is 4.44. The molecular formula is C45H25N5. The second kappa shape index (κ2) is 11.4. The van der Waals surface area contributed by atoms with Gasteiger partial charge in [-0.3, -0.25) is 0 Å². The number of rotatable bonds is 4. The van der Waals surface area contributed by atoms with E-state index in [0.717, 1.165) is 77.2 Å². The van der Waals surface area contributed by atoms with Gasteiger partial charge in [-0.1, -0.05) is 66.7 Å². The molecule has 0 aliphatic heterocycles. The Bertz CT molecular complexity index is 2960. The van der Waals surface area contributed by atoms with E-state index in [2.05, 4.69) is 88.0 Å². The highest BCUT2D eigenvalue weighted by Gasteiger charge is 2.18. The van der Waals surface area contributed by atoms with Gasteiger partial charge in [0.1, 0.15) is 0 Å². The van der Waals surface area contributed by atoms with E-state index in [0.29, 0.717) is 16.7 Å². The number of para-hydroxylation sites is 2. The number of hydrogen-bond donors (Lipinski definition) is 0. The summed E-state index contributed by atoms with van der Waals surface area (Å²) in [7, 11) is 0. The average Bonchev–Trinajstić information content (AvgIpc) is 3.70. The molecule has 7 aromatic carbocycles. The van der Waals surface area contributed by atoms with Crippen LogP contribution in [0.3, 0.4) is 0 Å². The van der Waals surface area contributed by atoms with E-state index in [1.165, 1.54) is 0 Å². The molecular weight excluding hydrogens is 611 g/mol. The average molecular weight is 636 g/mol. The zero-order valence-electron chi connectivity index (χ0n) is 26.7. The Balaban J connectivity index is 1.33. The van der Waals surface area contributed by atoms with Gasteiger partial charge in [0.25, 0.3) is 0 Å². The minimum atomic E-state index is 0.546. The highest BCUT2D eigenvalue weighted by molar-refractivity contribution is 6.11. The van der Waals surface area contributed by atoms with Gasteiger partial charge in [-0.2, -0.15) is 15.8 Å². The first-order valence-electron chi connectivity index (χ1n) is 16.3. The topological polar surface area (TPSA) is 81.2 Å². The van der Waals surface area contributed by atoms with Crippen LogP contribution in [0.4, 0.5) is 0 Å². The minimum absolute atomic E-state index is 0.546. The number of nitriles is 3. The lowest BCUT2D eigenvalue weighted by atomic mass is 9.96. The molecule has 0 amide bonds. The number of hydrogen-bond acceptors (Lipinski definition) is 3. The smallest absolute Gasteiger partial charge is 0.0992 e. The second-order valence-electron chi connectivity index (χ2n) is 12.4. The van der Waals surface area contributed by atoms with Crippen LogP contribution in [0.15, 0.2) is 152 Å². The van der Waals surface area contributed by atoms with Crippen molar-refractivity contribution in [2.75, 3.05) is 0 Å². The highest BCUT2D eigenvalue weighted by Crippen LogP contribution is 2.38. The van der Waals surface area contributed by atoms with Crippen molar-refractivity contribution in [3.63, 3.8) is 0 Å². The maximum absolute atomic E-state index is 10.3. The van der Waals surface area contributed by atoms with Crippen molar-refractivity contribution < 1.29 is 0 Å². The molecule has 230 valence electrons. The lowest BCUT2D eigenvalue weighted by molar-refractivity contribution is 1.17. The summed E-state index contributed by atoms with van der Waals surface area (Å²) >= 11 is 0. The van der Waals surface area contributed by atoms with Gasteiger partial charge in [-0.15, -0.1) is 0 Å². The van der Waals surface area contributed by atoms with E-state index in [4.69, 9.17) is 0 Å². The molecule has 5 nitrogen and oxygen atoms in total. The molecule has 0 bridgehead atoms. The first kappa shape index (κ1) is 28.8. The normalized spacial score (nSPS) is 11.1. The fourth-order valence-electron chi connectivity index (χ4n) is 7.32. The SMILES string of the molecule is N#Cc1cc(-c2cc(-c3ccccc3)cc(-n3c4ccccc4c4cc(C#N)ccc43)c2)cc(-n2c3ccccc3c3cc(C#N)ccc32)c1.